The predicted molar refractivity (Wildman–Crippen MR) is 82.1 cm³/mol. The Morgan fingerprint density at radius 1 is 1.43 bits per heavy atom. The molecular formula is C13H20ClN3O3S. The molecule has 0 atom stereocenters. The van der Waals surface area contributed by atoms with E-state index in [0.29, 0.717) is 12.5 Å². The van der Waals surface area contributed by atoms with Gasteiger partial charge in [-0.2, -0.15) is 0 Å². The van der Waals surface area contributed by atoms with Crippen LogP contribution in [0.1, 0.15) is 12.8 Å². The summed E-state index contributed by atoms with van der Waals surface area (Å²) in [5.74, 6) is 0.360. The number of hydrogen-bond donors (Lipinski definition) is 1. The van der Waals surface area contributed by atoms with E-state index in [1.807, 2.05) is 0 Å². The molecule has 118 valence electrons. The van der Waals surface area contributed by atoms with Gasteiger partial charge in [-0.3, -0.25) is 4.79 Å². The van der Waals surface area contributed by atoms with Gasteiger partial charge in [-0.1, -0.05) is 11.6 Å². The Hall–Kier alpha value is -0.890. The lowest BCUT2D eigenvalue weighted by Gasteiger charge is -2.31. The van der Waals surface area contributed by atoms with Gasteiger partial charge < -0.3 is 9.88 Å². The molecule has 6 nitrogen and oxygen atoms in total. The van der Waals surface area contributed by atoms with E-state index >= 15 is 0 Å². The molecule has 1 N–H and O–H groups in total. The number of piperidine rings is 1. The number of nitrogens with one attached hydrogen (secondary N) is 1. The minimum absolute atomic E-state index is 0.0162. The van der Waals surface area contributed by atoms with Gasteiger partial charge in [-0.25, -0.2) is 12.7 Å². The lowest BCUT2D eigenvalue weighted by atomic mass is 9.97. The van der Waals surface area contributed by atoms with Crippen LogP contribution in [-0.2, 0) is 10.0 Å². The molecule has 21 heavy (non-hydrogen) atoms. The second-order valence-corrected chi connectivity index (χ2v) is 8.00. The highest BCUT2D eigenvalue weighted by atomic mass is 35.5. The molecular weight excluding hydrogens is 314 g/mol. The quantitative estimate of drug-likeness (QED) is 0.891. The highest BCUT2D eigenvalue weighted by Gasteiger charge is 2.26. The molecule has 0 aromatic carbocycles. The van der Waals surface area contributed by atoms with E-state index in [0.717, 1.165) is 25.9 Å². The molecule has 0 bridgehead atoms. The van der Waals surface area contributed by atoms with Crippen molar-refractivity contribution in [3.05, 3.63) is 27.6 Å². The van der Waals surface area contributed by atoms with E-state index in [-0.39, 0.29) is 9.92 Å². The number of H-pyrrole nitrogens is 1. The van der Waals surface area contributed by atoms with Crippen LogP contribution >= 0.6 is 11.6 Å². The van der Waals surface area contributed by atoms with Crippen molar-refractivity contribution in [3.63, 3.8) is 0 Å². The summed E-state index contributed by atoms with van der Waals surface area (Å²) in [6.07, 6.45) is 3.17. The smallest absolute Gasteiger partial charge is 0.266 e. The third-order valence-electron chi connectivity index (χ3n) is 3.89. The van der Waals surface area contributed by atoms with Crippen LogP contribution in [0.15, 0.2) is 22.0 Å². The standard InChI is InChI=1S/C13H20ClN3O3S/c1-16-5-3-10(4-6-16)9-17(2)21(19,20)11-7-12(14)13(18)15-8-11/h7-8,10H,3-6,9H2,1-2H3,(H,15,18). The van der Waals surface area contributed by atoms with Crippen molar-refractivity contribution in [2.45, 2.75) is 17.7 Å². The Morgan fingerprint density at radius 3 is 2.62 bits per heavy atom. The first-order valence-electron chi connectivity index (χ1n) is 6.84. The Labute approximate surface area is 129 Å². The lowest BCUT2D eigenvalue weighted by Crippen LogP contribution is -2.38. The van der Waals surface area contributed by atoms with Crippen LogP contribution < -0.4 is 5.56 Å². The second-order valence-electron chi connectivity index (χ2n) is 5.54. The second kappa shape index (κ2) is 6.48. The summed E-state index contributed by atoms with van der Waals surface area (Å²) in [5, 5.41) is -0.122. The van der Waals surface area contributed by atoms with E-state index in [1.165, 1.54) is 16.6 Å². The molecule has 1 saturated heterocycles. The van der Waals surface area contributed by atoms with Crippen LogP contribution in [0.4, 0.5) is 0 Å². The van der Waals surface area contributed by atoms with Gasteiger partial charge in [0.05, 0.1) is 4.90 Å². The fraction of sp³-hybridized carbons (Fsp3) is 0.615. The van der Waals surface area contributed by atoms with E-state index in [9.17, 15) is 13.2 Å². The summed E-state index contributed by atoms with van der Waals surface area (Å²) in [6.45, 7) is 2.46. The summed E-state index contributed by atoms with van der Waals surface area (Å²) < 4.78 is 26.3. The molecule has 2 heterocycles. The van der Waals surface area contributed by atoms with Crippen molar-refractivity contribution in [3.8, 4) is 0 Å². The maximum Gasteiger partial charge on any atom is 0.266 e. The number of aromatic amines is 1. The molecule has 1 aliphatic rings. The molecule has 0 unspecified atom stereocenters. The number of nitrogens with zero attached hydrogens (tertiary/aromatic N) is 2. The lowest BCUT2D eigenvalue weighted by molar-refractivity contribution is 0.202. The Kier molecular flexibility index (Phi) is 5.08. The van der Waals surface area contributed by atoms with Gasteiger partial charge >= 0.3 is 0 Å². The molecule has 2 rings (SSSR count). The first-order chi connectivity index (χ1) is 9.80. The van der Waals surface area contributed by atoms with Gasteiger partial charge in [0.2, 0.25) is 10.0 Å². The average molecular weight is 334 g/mol. The molecule has 1 fully saturated rings. The van der Waals surface area contributed by atoms with Gasteiger partial charge in [-0.05, 0) is 45.0 Å². The van der Waals surface area contributed by atoms with Gasteiger partial charge in [0.15, 0.2) is 0 Å². The van der Waals surface area contributed by atoms with Crippen LogP contribution in [0.25, 0.3) is 0 Å². The van der Waals surface area contributed by atoms with Crippen molar-refractivity contribution < 1.29 is 8.42 Å². The topological polar surface area (TPSA) is 73.5 Å². The third kappa shape index (κ3) is 3.85. The maximum atomic E-state index is 12.5. The van der Waals surface area contributed by atoms with Crippen LogP contribution in [0.5, 0.6) is 0 Å². The number of likely N-dealkylation sites (tertiary alicyclic amines) is 1. The zero-order chi connectivity index (χ0) is 15.6. The van der Waals surface area contributed by atoms with E-state index < -0.39 is 15.6 Å². The first-order valence-corrected chi connectivity index (χ1v) is 8.65. The minimum Gasteiger partial charge on any atom is -0.326 e. The monoisotopic (exact) mass is 333 g/mol. The minimum atomic E-state index is -3.63. The predicted octanol–water partition coefficient (Wildman–Crippen LogP) is 0.991. The largest absolute Gasteiger partial charge is 0.326 e. The van der Waals surface area contributed by atoms with Crippen LogP contribution in [-0.4, -0.2) is 56.3 Å². The molecule has 0 amide bonds. The summed E-state index contributed by atoms with van der Waals surface area (Å²) in [7, 11) is 0.00461. The van der Waals surface area contributed by atoms with E-state index in [1.54, 1.807) is 7.05 Å². The van der Waals surface area contributed by atoms with Crippen molar-refractivity contribution in [2.24, 2.45) is 5.92 Å². The van der Waals surface area contributed by atoms with Crippen LogP contribution in [0, 0.1) is 5.92 Å². The van der Waals surface area contributed by atoms with Crippen molar-refractivity contribution in [1.82, 2.24) is 14.2 Å². The molecule has 0 aliphatic carbocycles. The SMILES string of the molecule is CN1CCC(CN(C)S(=O)(=O)c2c[nH]c(=O)c(Cl)c2)CC1. The number of rotatable bonds is 4. The van der Waals surface area contributed by atoms with Gasteiger partial charge in [0, 0.05) is 19.8 Å². The fourth-order valence-electron chi connectivity index (χ4n) is 2.47. The first kappa shape index (κ1) is 16.5. The Morgan fingerprint density at radius 2 is 2.05 bits per heavy atom. The zero-order valence-electron chi connectivity index (χ0n) is 12.2. The summed E-state index contributed by atoms with van der Waals surface area (Å²) >= 11 is 5.70. The van der Waals surface area contributed by atoms with E-state index in [4.69, 9.17) is 11.6 Å². The maximum absolute atomic E-state index is 12.5. The zero-order valence-corrected chi connectivity index (χ0v) is 13.7. The molecule has 1 aromatic rings. The number of halogens is 1. The third-order valence-corrected chi connectivity index (χ3v) is 5.97. The molecule has 0 saturated carbocycles. The van der Waals surface area contributed by atoms with Crippen molar-refractivity contribution in [2.75, 3.05) is 33.7 Å². The molecule has 1 aliphatic heterocycles. The summed E-state index contributed by atoms with van der Waals surface area (Å²) in [4.78, 5) is 15.8. The highest BCUT2D eigenvalue weighted by Crippen LogP contribution is 2.21. The molecule has 0 radical (unpaired) electrons. The Bertz CT molecular complexity index is 651. The highest BCUT2D eigenvalue weighted by molar-refractivity contribution is 7.89. The normalized spacial score (nSPS) is 18.3. The number of sulfonamides is 1. The van der Waals surface area contributed by atoms with Gasteiger partial charge in [0.1, 0.15) is 5.02 Å². The molecule has 8 heteroatoms. The number of aromatic nitrogens is 1. The average Bonchev–Trinajstić information content (AvgIpc) is 2.44. The summed E-state index contributed by atoms with van der Waals surface area (Å²) in [5.41, 5.74) is -0.492. The fourth-order valence-corrected chi connectivity index (χ4v) is 3.95. The van der Waals surface area contributed by atoms with Gasteiger partial charge in [-0.15, -0.1) is 0 Å². The molecule has 0 spiro atoms. The van der Waals surface area contributed by atoms with Crippen molar-refractivity contribution in [1.29, 1.82) is 0 Å². The van der Waals surface area contributed by atoms with Gasteiger partial charge in [0.25, 0.3) is 5.56 Å². The number of pyridine rings is 1. The number of hydrogen-bond acceptors (Lipinski definition) is 4. The van der Waals surface area contributed by atoms with Crippen molar-refractivity contribution >= 4 is 21.6 Å². The Balaban J connectivity index is 2.11. The summed E-state index contributed by atoms with van der Waals surface area (Å²) in [6, 6.07) is 1.20. The van der Waals surface area contributed by atoms with Crippen LogP contribution in [0.2, 0.25) is 5.02 Å². The van der Waals surface area contributed by atoms with Crippen LogP contribution in [0.3, 0.4) is 0 Å². The van der Waals surface area contributed by atoms with E-state index in [2.05, 4.69) is 16.9 Å². The molecule has 1 aromatic heterocycles.